The van der Waals surface area contributed by atoms with Gasteiger partial charge in [0.15, 0.2) is 5.69 Å². The molecule has 2 heterocycles. The normalized spacial score (nSPS) is 15.2. The predicted molar refractivity (Wildman–Crippen MR) is 94.5 cm³/mol. The molecule has 0 aliphatic carbocycles. The van der Waals surface area contributed by atoms with Gasteiger partial charge in [-0.1, -0.05) is 29.5 Å². The summed E-state index contributed by atoms with van der Waals surface area (Å²) in [6.07, 6.45) is 2.62. The highest BCUT2D eigenvalue weighted by atomic mass is 16.5. The van der Waals surface area contributed by atoms with Crippen LogP contribution in [0, 0.1) is 6.92 Å². The number of nitrogens with zero attached hydrogens (tertiary/aromatic N) is 4. The first kappa shape index (κ1) is 17.6. The van der Waals surface area contributed by atoms with E-state index in [-0.39, 0.29) is 5.91 Å². The van der Waals surface area contributed by atoms with Crippen molar-refractivity contribution >= 4 is 5.91 Å². The van der Waals surface area contributed by atoms with Gasteiger partial charge in [-0.2, -0.15) is 0 Å². The van der Waals surface area contributed by atoms with E-state index in [4.69, 9.17) is 4.74 Å². The van der Waals surface area contributed by atoms with Gasteiger partial charge in [0.05, 0.1) is 26.0 Å². The Morgan fingerprint density at radius 2 is 2.08 bits per heavy atom. The topological polar surface area (TPSA) is 72.3 Å². The number of morpholine rings is 1. The summed E-state index contributed by atoms with van der Waals surface area (Å²) in [7, 11) is 0. The van der Waals surface area contributed by atoms with Gasteiger partial charge < -0.3 is 10.1 Å². The van der Waals surface area contributed by atoms with Crippen molar-refractivity contribution in [3.63, 3.8) is 0 Å². The third-order valence-electron chi connectivity index (χ3n) is 4.41. The molecule has 0 atom stereocenters. The van der Waals surface area contributed by atoms with Crippen LogP contribution < -0.4 is 5.32 Å². The van der Waals surface area contributed by atoms with E-state index >= 15 is 0 Å². The molecule has 0 spiro atoms. The van der Waals surface area contributed by atoms with E-state index < -0.39 is 0 Å². The van der Waals surface area contributed by atoms with Crippen LogP contribution in [0.1, 0.15) is 28.0 Å². The molecule has 7 heteroatoms. The smallest absolute Gasteiger partial charge is 0.273 e. The standard InChI is InChI=1S/C18H25N5O2/c1-15-5-2-3-6-16(15)13-23-14-17(20-21-23)18(24)19-7-4-8-22-9-11-25-12-10-22/h2-3,5-6,14H,4,7-13H2,1H3,(H,19,24). The number of carbonyl (C=O) groups is 1. The number of aromatic nitrogens is 3. The van der Waals surface area contributed by atoms with Crippen molar-refractivity contribution in [3.05, 3.63) is 47.3 Å². The molecule has 1 aliphatic rings. The number of amides is 1. The number of rotatable bonds is 7. The maximum atomic E-state index is 12.2. The van der Waals surface area contributed by atoms with Crippen molar-refractivity contribution in [1.82, 2.24) is 25.2 Å². The predicted octanol–water partition coefficient (Wildman–Crippen LogP) is 1.09. The molecule has 1 N–H and O–H groups in total. The van der Waals surface area contributed by atoms with Crippen molar-refractivity contribution in [2.24, 2.45) is 0 Å². The summed E-state index contributed by atoms with van der Waals surface area (Å²) in [5, 5.41) is 11.0. The van der Waals surface area contributed by atoms with E-state index in [0.29, 0.717) is 18.8 Å². The fourth-order valence-corrected chi connectivity index (χ4v) is 2.86. The summed E-state index contributed by atoms with van der Waals surface area (Å²) in [6, 6.07) is 8.13. The van der Waals surface area contributed by atoms with Crippen LogP contribution in [0.25, 0.3) is 0 Å². The monoisotopic (exact) mass is 343 g/mol. The minimum absolute atomic E-state index is 0.169. The van der Waals surface area contributed by atoms with Crippen LogP contribution in [-0.4, -0.2) is 65.2 Å². The Morgan fingerprint density at radius 3 is 2.88 bits per heavy atom. The second kappa shape index (κ2) is 8.73. The van der Waals surface area contributed by atoms with Gasteiger partial charge in [-0.05, 0) is 31.0 Å². The first-order chi connectivity index (χ1) is 12.2. The summed E-state index contributed by atoms with van der Waals surface area (Å²) in [4.78, 5) is 14.5. The molecule has 0 radical (unpaired) electrons. The number of nitrogens with one attached hydrogen (secondary N) is 1. The van der Waals surface area contributed by atoms with Crippen molar-refractivity contribution < 1.29 is 9.53 Å². The van der Waals surface area contributed by atoms with Crippen LogP contribution >= 0.6 is 0 Å². The minimum atomic E-state index is -0.169. The van der Waals surface area contributed by atoms with Crippen molar-refractivity contribution in [2.75, 3.05) is 39.4 Å². The molecule has 1 aromatic heterocycles. The highest BCUT2D eigenvalue weighted by Crippen LogP contribution is 2.08. The Labute approximate surface area is 148 Å². The van der Waals surface area contributed by atoms with E-state index in [0.717, 1.165) is 39.3 Å². The zero-order valence-electron chi connectivity index (χ0n) is 14.6. The fourth-order valence-electron chi connectivity index (χ4n) is 2.86. The molecular weight excluding hydrogens is 318 g/mol. The molecule has 3 rings (SSSR count). The third-order valence-corrected chi connectivity index (χ3v) is 4.41. The molecule has 25 heavy (non-hydrogen) atoms. The quantitative estimate of drug-likeness (QED) is 0.762. The Bertz CT molecular complexity index is 694. The summed E-state index contributed by atoms with van der Waals surface area (Å²) < 4.78 is 7.02. The molecule has 0 unspecified atom stereocenters. The lowest BCUT2D eigenvalue weighted by atomic mass is 10.1. The third kappa shape index (κ3) is 5.11. The lowest BCUT2D eigenvalue weighted by molar-refractivity contribution is 0.0374. The zero-order valence-corrected chi connectivity index (χ0v) is 14.6. The second-order valence-corrected chi connectivity index (χ2v) is 6.29. The van der Waals surface area contributed by atoms with Gasteiger partial charge in [-0.25, -0.2) is 4.68 Å². The summed E-state index contributed by atoms with van der Waals surface area (Å²) in [5.74, 6) is -0.169. The molecule has 1 saturated heterocycles. The van der Waals surface area contributed by atoms with E-state index in [1.165, 1.54) is 11.1 Å². The van der Waals surface area contributed by atoms with Crippen LogP contribution in [-0.2, 0) is 11.3 Å². The van der Waals surface area contributed by atoms with Crippen LogP contribution in [0.5, 0.6) is 0 Å². The van der Waals surface area contributed by atoms with Crippen molar-refractivity contribution in [3.8, 4) is 0 Å². The van der Waals surface area contributed by atoms with Crippen molar-refractivity contribution in [2.45, 2.75) is 19.9 Å². The maximum Gasteiger partial charge on any atom is 0.273 e. The Kier molecular flexibility index (Phi) is 6.14. The highest BCUT2D eigenvalue weighted by molar-refractivity contribution is 5.91. The molecular formula is C18H25N5O2. The number of benzene rings is 1. The zero-order chi connectivity index (χ0) is 17.5. The first-order valence-electron chi connectivity index (χ1n) is 8.75. The Hall–Kier alpha value is -2.25. The molecule has 1 aliphatic heterocycles. The summed E-state index contributed by atoms with van der Waals surface area (Å²) >= 11 is 0. The average Bonchev–Trinajstić information content (AvgIpc) is 3.10. The van der Waals surface area contributed by atoms with Crippen LogP contribution in [0.15, 0.2) is 30.5 Å². The molecule has 2 aromatic rings. The maximum absolute atomic E-state index is 12.2. The largest absolute Gasteiger partial charge is 0.379 e. The van der Waals surface area contributed by atoms with Crippen molar-refractivity contribution in [1.29, 1.82) is 0 Å². The number of hydrogen-bond acceptors (Lipinski definition) is 5. The van der Waals surface area contributed by atoms with E-state index in [1.54, 1.807) is 10.9 Å². The highest BCUT2D eigenvalue weighted by Gasteiger charge is 2.12. The van der Waals surface area contributed by atoms with E-state index in [9.17, 15) is 4.79 Å². The average molecular weight is 343 g/mol. The lowest BCUT2D eigenvalue weighted by Gasteiger charge is -2.26. The molecule has 134 valence electrons. The Morgan fingerprint density at radius 1 is 1.28 bits per heavy atom. The molecule has 0 saturated carbocycles. The molecule has 1 amide bonds. The number of ether oxygens (including phenoxy) is 1. The number of carbonyl (C=O) groups excluding carboxylic acids is 1. The van der Waals surface area contributed by atoms with Crippen LogP contribution in [0.3, 0.4) is 0 Å². The van der Waals surface area contributed by atoms with Gasteiger partial charge in [-0.15, -0.1) is 5.10 Å². The Balaban J connectivity index is 1.43. The van der Waals surface area contributed by atoms with Gasteiger partial charge in [0.1, 0.15) is 0 Å². The number of aryl methyl sites for hydroxylation is 1. The van der Waals surface area contributed by atoms with Gasteiger partial charge in [0.2, 0.25) is 0 Å². The van der Waals surface area contributed by atoms with E-state index in [1.807, 2.05) is 12.1 Å². The van der Waals surface area contributed by atoms with Crippen LogP contribution in [0.2, 0.25) is 0 Å². The lowest BCUT2D eigenvalue weighted by Crippen LogP contribution is -2.38. The molecule has 0 bridgehead atoms. The van der Waals surface area contributed by atoms with Gasteiger partial charge in [0, 0.05) is 19.6 Å². The summed E-state index contributed by atoms with van der Waals surface area (Å²) in [6.45, 7) is 7.85. The van der Waals surface area contributed by atoms with Gasteiger partial charge in [-0.3, -0.25) is 9.69 Å². The number of hydrogen-bond donors (Lipinski definition) is 1. The summed E-state index contributed by atoms with van der Waals surface area (Å²) in [5.41, 5.74) is 2.73. The minimum Gasteiger partial charge on any atom is -0.379 e. The molecule has 1 aromatic carbocycles. The van der Waals surface area contributed by atoms with Crippen LogP contribution in [0.4, 0.5) is 0 Å². The second-order valence-electron chi connectivity index (χ2n) is 6.29. The fraction of sp³-hybridized carbons (Fsp3) is 0.500. The van der Waals surface area contributed by atoms with Gasteiger partial charge in [0.25, 0.3) is 5.91 Å². The van der Waals surface area contributed by atoms with Gasteiger partial charge >= 0.3 is 0 Å². The SMILES string of the molecule is Cc1ccccc1Cn1cc(C(=O)NCCCN2CCOCC2)nn1. The molecule has 7 nitrogen and oxygen atoms in total. The van der Waals surface area contributed by atoms with E-state index in [2.05, 4.69) is 39.6 Å². The molecule has 1 fully saturated rings. The first-order valence-corrected chi connectivity index (χ1v) is 8.75.